The summed E-state index contributed by atoms with van der Waals surface area (Å²) in [5, 5.41) is 7.91. The van der Waals surface area contributed by atoms with E-state index in [-0.39, 0.29) is 29.8 Å². The molecule has 3 unspecified atom stereocenters. The first-order valence-electron chi connectivity index (χ1n) is 9.18. The molecule has 2 saturated heterocycles. The van der Waals surface area contributed by atoms with E-state index in [1.165, 1.54) is 18.6 Å². The summed E-state index contributed by atoms with van der Waals surface area (Å²) in [6, 6.07) is 5.23. The number of ether oxygens (including phenoxy) is 1. The Bertz CT molecular complexity index is 778. The van der Waals surface area contributed by atoms with Crippen LogP contribution in [0.1, 0.15) is 31.7 Å². The topological polar surface area (TPSA) is 61.4 Å². The monoisotopic (exact) mass is 472 g/mol. The minimum absolute atomic E-state index is 0. The van der Waals surface area contributed by atoms with Crippen LogP contribution in [0.3, 0.4) is 0 Å². The lowest BCUT2D eigenvalue weighted by atomic mass is 9.96. The number of nitrogens with zero attached hydrogens (tertiary/aromatic N) is 1. The van der Waals surface area contributed by atoms with Crippen molar-refractivity contribution in [3.05, 3.63) is 35.8 Å². The maximum absolute atomic E-state index is 13.3. The van der Waals surface area contributed by atoms with Gasteiger partial charge in [0.25, 0.3) is 0 Å². The fourth-order valence-corrected chi connectivity index (χ4v) is 3.94. The Labute approximate surface area is 170 Å². The third-order valence-corrected chi connectivity index (χ3v) is 5.15. The molecule has 0 aliphatic carbocycles. The van der Waals surface area contributed by atoms with Crippen molar-refractivity contribution in [1.29, 1.82) is 0 Å². The van der Waals surface area contributed by atoms with Crippen LogP contribution in [0.15, 0.2) is 29.4 Å². The molecule has 2 aliphatic rings. The van der Waals surface area contributed by atoms with E-state index in [0.29, 0.717) is 24.8 Å². The first-order chi connectivity index (χ1) is 12.2. The van der Waals surface area contributed by atoms with Gasteiger partial charge in [-0.25, -0.2) is 4.39 Å². The lowest BCUT2D eigenvalue weighted by Crippen LogP contribution is -2.47. The normalized spacial score (nSPS) is 24.7. The lowest BCUT2D eigenvalue weighted by molar-refractivity contribution is 0.0992. The number of aliphatic imine (C=N–C) groups is 1. The number of benzene rings is 1. The minimum atomic E-state index is -0.217. The van der Waals surface area contributed by atoms with Gasteiger partial charge in [0.05, 0.1) is 18.2 Å². The summed E-state index contributed by atoms with van der Waals surface area (Å²) in [6.07, 6.45) is 6.93. The molecule has 3 atom stereocenters. The quantitative estimate of drug-likeness (QED) is 0.356. The van der Waals surface area contributed by atoms with Gasteiger partial charge in [-0.2, -0.15) is 0 Å². The van der Waals surface area contributed by atoms with E-state index in [9.17, 15) is 4.39 Å². The highest BCUT2D eigenvalue weighted by Crippen LogP contribution is 2.34. The fourth-order valence-electron chi connectivity index (χ4n) is 3.94. The van der Waals surface area contributed by atoms with Gasteiger partial charge in [0.15, 0.2) is 5.96 Å². The molecule has 0 amide bonds. The highest BCUT2D eigenvalue weighted by molar-refractivity contribution is 14.0. The molecule has 2 fully saturated rings. The Balaban J connectivity index is 0.00000196. The molecule has 26 heavy (non-hydrogen) atoms. The maximum atomic E-state index is 13.3. The highest BCUT2D eigenvalue weighted by atomic mass is 127. The maximum Gasteiger partial charge on any atom is 0.191 e. The van der Waals surface area contributed by atoms with Gasteiger partial charge < -0.3 is 20.4 Å². The average molecular weight is 472 g/mol. The van der Waals surface area contributed by atoms with E-state index in [1.54, 1.807) is 0 Å². The molecule has 0 saturated carbocycles. The summed E-state index contributed by atoms with van der Waals surface area (Å²) >= 11 is 0. The summed E-state index contributed by atoms with van der Waals surface area (Å²) in [5.41, 5.74) is 2.00. The van der Waals surface area contributed by atoms with Crippen LogP contribution in [0.2, 0.25) is 0 Å². The summed E-state index contributed by atoms with van der Waals surface area (Å²) in [7, 11) is 0. The molecule has 0 spiro atoms. The van der Waals surface area contributed by atoms with Crippen LogP contribution in [0.4, 0.5) is 4.39 Å². The van der Waals surface area contributed by atoms with Gasteiger partial charge >= 0.3 is 0 Å². The number of hydrogen-bond acceptors (Lipinski definition) is 2. The first-order valence-corrected chi connectivity index (χ1v) is 9.18. The SMILES string of the molecule is CCNC(=NCCc1c[nH]c2cc(F)ccc12)NC1CC2CCC1O2.I. The van der Waals surface area contributed by atoms with Crippen molar-refractivity contribution in [3.8, 4) is 0 Å². The van der Waals surface area contributed by atoms with E-state index >= 15 is 0 Å². The summed E-state index contributed by atoms with van der Waals surface area (Å²) in [4.78, 5) is 7.84. The molecule has 3 heterocycles. The summed E-state index contributed by atoms with van der Waals surface area (Å²) < 4.78 is 19.2. The van der Waals surface area contributed by atoms with Crippen LogP contribution in [-0.2, 0) is 11.2 Å². The highest BCUT2D eigenvalue weighted by Gasteiger charge is 2.41. The van der Waals surface area contributed by atoms with Crippen molar-refractivity contribution in [1.82, 2.24) is 15.6 Å². The van der Waals surface area contributed by atoms with E-state index < -0.39 is 0 Å². The number of rotatable bonds is 5. The Hall–Kier alpha value is -1.35. The number of aromatic nitrogens is 1. The smallest absolute Gasteiger partial charge is 0.191 e. The van der Waals surface area contributed by atoms with Gasteiger partial charge in [-0.3, -0.25) is 4.99 Å². The number of halogens is 2. The van der Waals surface area contributed by atoms with Crippen molar-refractivity contribution in [2.75, 3.05) is 13.1 Å². The predicted octanol–water partition coefficient (Wildman–Crippen LogP) is 3.34. The van der Waals surface area contributed by atoms with Gasteiger partial charge in [-0.05, 0) is 56.4 Å². The minimum Gasteiger partial charge on any atom is -0.373 e. The second-order valence-electron chi connectivity index (χ2n) is 6.87. The van der Waals surface area contributed by atoms with Gasteiger partial charge in [0, 0.05) is 30.2 Å². The van der Waals surface area contributed by atoms with Crippen molar-refractivity contribution in [3.63, 3.8) is 0 Å². The number of hydrogen-bond donors (Lipinski definition) is 3. The van der Waals surface area contributed by atoms with Crippen LogP contribution in [0.5, 0.6) is 0 Å². The fraction of sp³-hybridized carbons (Fsp3) is 0.526. The van der Waals surface area contributed by atoms with Crippen molar-refractivity contribution >= 4 is 40.8 Å². The van der Waals surface area contributed by atoms with Crippen LogP contribution in [0.25, 0.3) is 10.9 Å². The van der Waals surface area contributed by atoms with Crippen LogP contribution in [-0.4, -0.2) is 42.3 Å². The van der Waals surface area contributed by atoms with Gasteiger partial charge in [-0.1, -0.05) is 0 Å². The molecular formula is C19H26FIN4O. The molecule has 1 aromatic carbocycles. The van der Waals surface area contributed by atoms with Crippen molar-refractivity contribution in [2.45, 2.75) is 50.9 Å². The molecule has 1 aromatic heterocycles. The van der Waals surface area contributed by atoms with E-state index in [2.05, 4.69) is 22.5 Å². The Morgan fingerprint density at radius 2 is 2.27 bits per heavy atom. The number of aromatic amines is 1. The van der Waals surface area contributed by atoms with Gasteiger partial charge in [0.2, 0.25) is 0 Å². The van der Waals surface area contributed by atoms with Crippen molar-refractivity contribution in [2.24, 2.45) is 4.99 Å². The predicted molar refractivity (Wildman–Crippen MR) is 113 cm³/mol. The van der Waals surface area contributed by atoms with Crippen LogP contribution < -0.4 is 10.6 Å². The Morgan fingerprint density at radius 1 is 1.38 bits per heavy atom. The zero-order valence-corrected chi connectivity index (χ0v) is 17.3. The molecule has 0 radical (unpaired) electrons. The molecule has 3 N–H and O–H groups in total. The molecular weight excluding hydrogens is 446 g/mol. The second-order valence-corrected chi connectivity index (χ2v) is 6.87. The summed E-state index contributed by atoms with van der Waals surface area (Å²) in [5.74, 6) is 0.639. The van der Waals surface area contributed by atoms with E-state index in [4.69, 9.17) is 9.73 Å². The number of fused-ring (bicyclic) bond motifs is 3. The second kappa shape index (κ2) is 8.56. The molecule has 2 aromatic rings. The van der Waals surface area contributed by atoms with E-state index in [0.717, 1.165) is 48.2 Å². The Kier molecular flexibility index (Phi) is 6.39. The molecule has 142 valence electrons. The number of nitrogens with one attached hydrogen (secondary N) is 3. The van der Waals surface area contributed by atoms with E-state index in [1.807, 2.05) is 12.3 Å². The summed E-state index contributed by atoms with van der Waals surface area (Å²) in [6.45, 7) is 3.59. The van der Waals surface area contributed by atoms with Gasteiger partial charge in [0.1, 0.15) is 5.82 Å². The molecule has 7 heteroatoms. The van der Waals surface area contributed by atoms with Gasteiger partial charge in [-0.15, -0.1) is 24.0 Å². The first kappa shape index (κ1) is 19.4. The third-order valence-electron chi connectivity index (χ3n) is 5.15. The zero-order chi connectivity index (χ0) is 17.2. The standard InChI is InChI=1S/C19H25FN4O.HI/c1-2-21-19(24-17-10-14-4-6-18(17)25-14)22-8-7-12-11-23-16-9-13(20)3-5-15(12)16;/h3,5,9,11,14,17-18,23H,2,4,6-8,10H2,1H3,(H2,21,22,24);1H. The number of guanidine groups is 1. The molecule has 2 aliphatic heterocycles. The average Bonchev–Trinajstić information content (AvgIpc) is 3.30. The zero-order valence-electron chi connectivity index (χ0n) is 14.9. The van der Waals surface area contributed by atoms with Crippen LogP contribution >= 0.6 is 24.0 Å². The largest absolute Gasteiger partial charge is 0.373 e. The molecule has 4 rings (SSSR count). The third kappa shape index (κ3) is 4.14. The van der Waals surface area contributed by atoms with Crippen molar-refractivity contribution < 1.29 is 9.13 Å². The number of H-pyrrole nitrogens is 1. The Morgan fingerprint density at radius 3 is 3.00 bits per heavy atom. The molecule has 5 nitrogen and oxygen atoms in total. The van der Waals surface area contributed by atoms with Crippen LogP contribution in [0, 0.1) is 5.82 Å². The lowest BCUT2D eigenvalue weighted by Gasteiger charge is -2.22. The molecule has 2 bridgehead atoms.